The van der Waals surface area contributed by atoms with Crippen molar-refractivity contribution in [1.82, 2.24) is 0 Å². The minimum Gasteiger partial charge on any atom is -0.310 e. The molecule has 35 heavy (non-hydrogen) atoms. The van der Waals surface area contributed by atoms with Crippen molar-refractivity contribution in [2.24, 2.45) is 0 Å². The van der Waals surface area contributed by atoms with Gasteiger partial charge in [-0.3, -0.25) is 4.79 Å². The number of carbonyl (C=O) groups is 1. The number of hydrogen-bond donors (Lipinski definition) is 0. The molecule has 0 saturated heterocycles. The molecule has 0 aliphatic heterocycles. The monoisotopic (exact) mass is 471 g/mol. The number of para-hydroxylation sites is 2. The molecule has 0 atom stereocenters. The molecule has 0 unspecified atom stereocenters. The molecule has 1 heterocycles. The van der Waals surface area contributed by atoms with Gasteiger partial charge in [0.1, 0.15) is 0 Å². The number of fused-ring (bicyclic) bond motifs is 3. The van der Waals surface area contributed by atoms with Crippen LogP contribution >= 0.6 is 11.3 Å². The van der Waals surface area contributed by atoms with Gasteiger partial charge in [0.15, 0.2) is 5.78 Å². The van der Waals surface area contributed by atoms with Gasteiger partial charge in [0.25, 0.3) is 0 Å². The predicted octanol–water partition coefficient (Wildman–Crippen LogP) is 8.87. The lowest BCUT2D eigenvalue weighted by Crippen LogP contribution is -2.11. The summed E-state index contributed by atoms with van der Waals surface area (Å²) in [5, 5.41) is 1.23. The van der Waals surface area contributed by atoms with Crippen LogP contribution in [-0.2, 0) is 6.42 Å². The third kappa shape index (κ3) is 3.98. The van der Waals surface area contributed by atoms with Crippen LogP contribution < -0.4 is 4.90 Å². The van der Waals surface area contributed by atoms with Crippen molar-refractivity contribution in [1.29, 1.82) is 0 Å². The van der Waals surface area contributed by atoms with Crippen LogP contribution in [0.2, 0.25) is 0 Å². The molecule has 3 heteroatoms. The number of anilines is 3. The number of aryl methyl sites for hydroxylation is 2. The Bertz CT molecular complexity index is 1560. The molecular formula is C32H25NOS. The zero-order valence-corrected chi connectivity index (χ0v) is 20.4. The first kappa shape index (κ1) is 21.6. The summed E-state index contributed by atoms with van der Waals surface area (Å²) in [6, 6.07) is 32.9. The van der Waals surface area contributed by atoms with Gasteiger partial charge in [-0.2, -0.15) is 0 Å². The van der Waals surface area contributed by atoms with E-state index in [1.54, 1.807) is 0 Å². The molecular weight excluding hydrogens is 446 g/mol. The standard InChI is InChI=1S/C32H25NOS/c1-22-9-5-7-13-29(22)33(25-10-3-2-4-11-25)26-18-15-23(16-19-26)32(34)24-17-20-31-28(21-24)27-12-6-8-14-30(27)35-31/h2-5,7-11,13-21H,6,12H2,1H3. The first-order valence-corrected chi connectivity index (χ1v) is 12.8. The Morgan fingerprint density at radius 1 is 0.800 bits per heavy atom. The fourth-order valence-electron chi connectivity index (χ4n) is 4.87. The molecule has 0 saturated carbocycles. The maximum absolute atomic E-state index is 13.4. The van der Waals surface area contributed by atoms with E-state index in [0.717, 1.165) is 35.5 Å². The molecule has 0 bridgehead atoms. The second-order valence-corrected chi connectivity index (χ2v) is 10.0. The van der Waals surface area contributed by atoms with Crippen molar-refractivity contribution >= 4 is 50.3 Å². The average molecular weight is 472 g/mol. The third-order valence-electron chi connectivity index (χ3n) is 6.67. The van der Waals surface area contributed by atoms with Crippen LogP contribution in [0.3, 0.4) is 0 Å². The van der Waals surface area contributed by atoms with Crippen molar-refractivity contribution in [3.8, 4) is 0 Å². The van der Waals surface area contributed by atoms with Crippen molar-refractivity contribution in [2.75, 3.05) is 4.90 Å². The molecule has 1 aromatic heterocycles. The molecule has 170 valence electrons. The summed E-state index contributed by atoms with van der Waals surface area (Å²) in [4.78, 5) is 17.0. The largest absolute Gasteiger partial charge is 0.310 e. The van der Waals surface area contributed by atoms with Gasteiger partial charge in [-0.25, -0.2) is 0 Å². The van der Waals surface area contributed by atoms with Crippen LogP contribution in [0.15, 0.2) is 103 Å². The predicted molar refractivity (Wildman–Crippen MR) is 148 cm³/mol. The van der Waals surface area contributed by atoms with E-state index in [2.05, 4.69) is 72.5 Å². The first-order valence-electron chi connectivity index (χ1n) is 12.0. The molecule has 0 radical (unpaired) electrons. The van der Waals surface area contributed by atoms with Crippen LogP contribution in [-0.4, -0.2) is 5.78 Å². The Balaban J connectivity index is 1.36. The minimum absolute atomic E-state index is 0.0619. The number of thiophene rings is 1. The van der Waals surface area contributed by atoms with Gasteiger partial charge >= 0.3 is 0 Å². The Morgan fingerprint density at radius 3 is 2.31 bits per heavy atom. The van der Waals surface area contributed by atoms with Gasteiger partial charge in [-0.05, 0) is 103 Å². The Kier molecular flexibility index (Phi) is 5.55. The summed E-state index contributed by atoms with van der Waals surface area (Å²) < 4.78 is 1.25. The van der Waals surface area contributed by atoms with Gasteiger partial charge in [-0.1, -0.05) is 42.5 Å². The highest BCUT2D eigenvalue weighted by Gasteiger charge is 2.18. The molecule has 5 aromatic rings. The van der Waals surface area contributed by atoms with Crippen LogP contribution in [0.4, 0.5) is 17.1 Å². The number of allylic oxidation sites excluding steroid dienone is 1. The highest BCUT2D eigenvalue weighted by Crippen LogP contribution is 2.38. The zero-order chi connectivity index (χ0) is 23.8. The maximum Gasteiger partial charge on any atom is 0.193 e. The molecule has 1 aliphatic carbocycles. The summed E-state index contributed by atoms with van der Waals surface area (Å²) in [7, 11) is 0. The van der Waals surface area contributed by atoms with Crippen LogP contribution in [0.1, 0.15) is 38.3 Å². The van der Waals surface area contributed by atoms with Crippen LogP contribution in [0.5, 0.6) is 0 Å². The Hall–Kier alpha value is -3.95. The lowest BCUT2D eigenvalue weighted by atomic mass is 9.97. The summed E-state index contributed by atoms with van der Waals surface area (Å²) in [6.45, 7) is 2.12. The maximum atomic E-state index is 13.4. The lowest BCUT2D eigenvalue weighted by Gasteiger charge is -2.27. The molecule has 1 aliphatic rings. The first-order chi connectivity index (χ1) is 17.2. The fraction of sp³-hybridized carbons (Fsp3) is 0.0938. The minimum atomic E-state index is 0.0619. The van der Waals surface area contributed by atoms with E-state index in [-0.39, 0.29) is 5.78 Å². The average Bonchev–Trinajstić information content (AvgIpc) is 3.28. The smallest absolute Gasteiger partial charge is 0.193 e. The normalized spacial score (nSPS) is 12.5. The number of nitrogens with zero attached hydrogens (tertiary/aromatic N) is 1. The highest BCUT2D eigenvalue weighted by atomic mass is 32.1. The summed E-state index contributed by atoms with van der Waals surface area (Å²) in [5.41, 5.74) is 7.26. The zero-order valence-electron chi connectivity index (χ0n) is 19.6. The summed E-state index contributed by atoms with van der Waals surface area (Å²) in [6.07, 6.45) is 6.57. The summed E-state index contributed by atoms with van der Waals surface area (Å²) >= 11 is 1.81. The fourth-order valence-corrected chi connectivity index (χ4v) is 6.03. The van der Waals surface area contributed by atoms with E-state index in [1.165, 1.54) is 26.1 Å². The van der Waals surface area contributed by atoms with E-state index in [4.69, 9.17) is 0 Å². The molecule has 0 N–H and O–H groups in total. The number of rotatable bonds is 5. The van der Waals surface area contributed by atoms with Crippen LogP contribution in [0, 0.1) is 6.92 Å². The Labute approximate surface area is 209 Å². The highest BCUT2D eigenvalue weighted by molar-refractivity contribution is 7.20. The molecule has 0 spiro atoms. The van der Waals surface area contributed by atoms with E-state index in [0.29, 0.717) is 5.56 Å². The van der Waals surface area contributed by atoms with Gasteiger partial charge < -0.3 is 4.90 Å². The van der Waals surface area contributed by atoms with Gasteiger partial charge in [-0.15, -0.1) is 11.3 Å². The van der Waals surface area contributed by atoms with Crippen molar-refractivity contribution in [2.45, 2.75) is 19.8 Å². The third-order valence-corrected chi connectivity index (χ3v) is 7.85. The van der Waals surface area contributed by atoms with E-state index in [9.17, 15) is 4.79 Å². The molecule has 4 aromatic carbocycles. The quantitative estimate of drug-likeness (QED) is 0.239. The van der Waals surface area contributed by atoms with E-state index >= 15 is 0 Å². The summed E-state index contributed by atoms with van der Waals surface area (Å²) in [5.74, 6) is 0.0619. The lowest BCUT2D eigenvalue weighted by molar-refractivity contribution is 0.103. The molecule has 2 nitrogen and oxygen atoms in total. The molecule has 0 amide bonds. The Morgan fingerprint density at radius 2 is 1.51 bits per heavy atom. The SMILES string of the molecule is Cc1ccccc1N(c1ccccc1)c1ccc(C(=O)c2ccc3sc4c(c3c2)CCC=C4)cc1. The van der Waals surface area contributed by atoms with E-state index < -0.39 is 0 Å². The number of carbonyl (C=O) groups excluding carboxylic acids is 1. The molecule has 0 fully saturated rings. The van der Waals surface area contributed by atoms with Gasteiger partial charge in [0, 0.05) is 37.8 Å². The van der Waals surface area contributed by atoms with Gasteiger partial charge in [0.05, 0.1) is 0 Å². The number of benzene rings is 4. The second-order valence-electron chi connectivity index (χ2n) is 8.93. The number of ketones is 1. The van der Waals surface area contributed by atoms with Crippen molar-refractivity contribution < 1.29 is 4.79 Å². The van der Waals surface area contributed by atoms with Crippen molar-refractivity contribution in [3.05, 3.63) is 130 Å². The van der Waals surface area contributed by atoms with E-state index in [1.807, 2.05) is 59.9 Å². The molecule has 6 rings (SSSR count). The van der Waals surface area contributed by atoms with Crippen molar-refractivity contribution in [3.63, 3.8) is 0 Å². The topological polar surface area (TPSA) is 20.3 Å². The number of hydrogen-bond acceptors (Lipinski definition) is 3. The second kappa shape index (κ2) is 9.01. The van der Waals surface area contributed by atoms with Gasteiger partial charge in [0.2, 0.25) is 0 Å². The van der Waals surface area contributed by atoms with Crippen LogP contribution in [0.25, 0.3) is 16.2 Å².